The van der Waals surface area contributed by atoms with Crippen molar-refractivity contribution in [2.24, 2.45) is 0 Å². The Kier molecular flexibility index (Phi) is 5.17. The molecule has 1 aromatic heterocycles. The van der Waals surface area contributed by atoms with Crippen LogP contribution in [0, 0.1) is 6.92 Å². The van der Waals surface area contributed by atoms with Gasteiger partial charge in [-0.05, 0) is 30.7 Å². The lowest BCUT2D eigenvalue weighted by Gasteiger charge is -2.33. The molecule has 2 aliphatic rings. The van der Waals surface area contributed by atoms with E-state index in [-0.39, 0.29) is 10.8 Å². The van der Waals surface area contributed by atoms with E-state index in [4.69, 9.17) is 4.42 Å². The summed E-state index contributed by atoms with van der Waals surface area (Å²) in [6.45, 7) is 4.96. The fourth-order valence-electron chi connectivity index (χ4n) is 3.59. The molecule has 1 aromatic carbocycles. The predicted octanol–water partition coefficient (Wildman–Crippen LogP) is 1.01. The van der Waals surface area contributed by atoms with Crippen LogP contribution < -0.4 is 4.90 Å². The molecule has 28 heavy (non-hydrogen) atoms. The number of sulfonamides is 1. The highest BCUT2D eigenvalue weighted by Gasteiger charge is 2.29. The summed E-state index contributed by atoms with van der Waals surface area (Å²) in [6, 6.07) is 6.60. The number of rotatable bonds is 5. The van der Waals surface area contributed by atoms with Gasteiger partial charge in [-0.25, -0.2) is 8.42 Å². The fraction of sp³-hybridized carbons (Fsp3) is 0.500. The van der Waals surface area contributed by atoms with Gasteiger partial charge >= 0.3 is 0 Å². The monoisotopic (exact) mass is 405 g/mol. The molecule has 3 heterocycles. The number of piperazine rings is 1. The second kappa shape index (κ2) is 7.61. The first-order chi connectivity index (χ1) is 13.4. The summed E-state index contributed by atoms with van der Waals surface area (Å²) < 4.78 is 32.8. The van der Waals surface area contributed by atoms with Crippen LogP contribution in [0.15, 0.2) is 33.6 Å². The number of nitrogens with zero attached hydrogens (tertiary/aromatic N) is 5. The van der Waals surface area contributed by atoms with Gasteiger partial charge in [-0.15, -0.1) is 10.2 Å². The Morgan fingerprint density at radius 3 is 2.32 bits per heavy atom. The highest BCUT2D eigenvalue weighted by Crippen LogP contribution is 2.25. The van der Waals surface area contributed by atoms with Crippen molar-refractivity contribution >= 4 is 21.6 Å². The molecule has 10 heteroatoms. The van der Waals surface area contributed by atoms with Crippen LogP contribution in [0.2, 0.25) is 0 Å². The number of amides is 1. The second-order valence-electron chi connectivity index (χ2n) is 7.04. The lowest BCUT2D eigenvalue weighted by atomic mass is 10.3. The van der Waals surface area contributed by atoms with Crippen LogP contribution in [-0.4, -0.2) is 66.5 Å². The molecule has 2 fully saturated rings. The molecule has 0 N–H and O–H groups in total. The molecule has 2 saturated heterocycles. The first-order valence-electron chi connectivity index (χ1n) is 9.35. The number of carbonyl (C=O) groups is 1. The Morgan fingerprint density at radius 2 is 1.75 bits per heavy atom. The molecule has 9 nitrogen and oxygen atoms in total. The first-order valence-corrected chi connectivity index (χ1v) is 10.8. The van der Waals surface area contributed by atoms with Crippen LogP contribution >= 0.6 is 0 Å². The van der Waals surface area contributed by atoms with E-state index >= 15 is 0 Å². The third kappa shape index (κ3) is 3.80. The van der Waals surface area contributed by atoms with E-state index < -0.39 is 10.0 Å². The number of anilines is 1. The minimum absolute atomic E-state index is 0.0863. The van der Waals surface area contributed by atoms with Crippen LogP contribution in [0.4, 0.5) is 5.69 Å². The van der Waals surface area contributed by atoms with Gasteiger partial charge in [0.15, 0.2) is 0 Å². The smallest absolute Gasteiger partial charge is 0.243 e. The molecule has 2 aliphatic heterocycles. The number of carbonyl (C=O) groups excluding carboxylic acids is 1. The number of hydrogen-bond donors (Lipinski definition) is 0. The van der Waals surface area contributed by atoms with Crippen molar-refractivity contribution in [3.63, 3.8) is 0 Å². The Hall–Kier alpha value is -2.30. The molecule has 0 aliphatic carbocycles. The summed E-state index contributed by atoms with van der Waals surface area (Å²) in [6.07, 6.45) is 1.39. The number of benzene rings is 1. The molecule has 0 bridgehead atoms. The minimum Gasteiger partial charge on any atom is -0.424 e. The van der Waals surface area contributed by atoms with E-state index in [1.54, 1.807) is 36.1 Å². The average molecular weight is 405 g/mol. The highest BCUT2D eigenvalue weighted by atomic mass is 32.2. The van der Waals surface area contributed by atoms with E-state index in [2.05, 4.69) is 15.1 Å². The quantitative estimate of drug-likeness (QED) is 0.732. The molecule has 4 rings (SSSR count). The van der Waals surface area contributed by atoms with Gasteiger partial charge in [-0.3, -0.25) is 9.69 Å². The van der Waals surface area contributed by atoms with Gasteiger partial charge in [0.05, 0.1) is 11.4 Å². The molecule has 0 radical (unpaired) electrons. The van der Waals surface area contributed by atoms with E-state index in [0.29, 0.717) is 57.5 Å². The maximum atomic E-state index is 12.9. The normalized spacial score (nSPS) is 19.5. The molecular weight excluding hydrogens is 382 g/mol. The van der Waals surface area contributed by atoms with Crippen LogP contribution in [0.1, 0.15) is 24.6 Å². The number of aryl methyl sites for hydroxylation is 1. The molecule has 0 unspecified atom stereocenters. The van der Waals surface area contributed by atoms with Crippen LogP contribution in [-0.2, 0) is 21.4 Å². The zero-order chi connectivity index (χ0) is 19.7. The zero-order valence-corrected chi connectivity index (χ0v) is 16.6. The van der Waals surface area contributed by atoms with Crippen molar-refractivity contribution < 1.29 is 17.6 Å². The number of aromatic nitrogens is 2. The SMILES string of the molecule is Cc1nnc(CN2CCN(S(=O)(=O)c3ccc(N4CCCC4=O)cc3)CC2)o1. The summed E-state index contributed by atoms with van der Waals surface area (Å²) in [5, 5.41) is 7.80. The number of hydrogen-bond acceptors (Lipinski definition) is 7. The summed E-state index contributed by atoms with van der Waals surface area (Å²) in [7, 11) is -3.56. The van der Waals surface area contributed by atoms with Gasteiger partial charge in [-0.2, -0.15) is 4.31 Å². The second-order valence-corrected chi connectivity index (χ2v) is 8.98. The third-order valence-corrected chi connectivity index (χ3v) is 7.03. The van der Waals surface area contributed by atoms with Gasteiger partial charge in [0.1, 0.15) is 0 Å². The van der Waals surface area contributed by atoms with Crippen molar-refractivity contribution in [1.82, 2.24) is 19.4 Å². The van der Waals surface area contributed by atoms with Gasteiger partial charge in [0, 0.05) is 51.8 Å². The highest BCUT2D eigenvalue weighted by molar-refractivity contribution is 7.89. The van der Waals surface area contributed by atoms with E-state index in [1.165, 1.54) is 4.31 Å². The minimum atomic E-state index is -3.56. The van der Waals surface area contributed by atoms with Crippen molar-refractivity contribution in [3.8, 4) is 0 Å². The van der Waals surface area contributed by atoms with Crippen LogP contribution in [0.5, 0.6) is 0 Å². The van der Waals surface area contributed by atoms with Crippen LogP contribution in [0.25, 0.3) is 0 Å². The maximum Gasteiger partial charge on any atom is 0.243 e. The van der Waals surface area contributed by atoms with Gasteiger partial charge < -0.3 is 9.32 Å². The lowest BCUT2D eigenvalue weighted by Crippen LogP contribution is -2.48. The predicted molar refractivity (Wildman–Crippen MR) is 101 cm³/mol. The molecular formula is C18H23N5O4S. The van der Waals surface area contributed by atoms with E-state index in [0.717, 1.165) is 12.1 Å². The van der Waals surface area contributed by atoms with Crippen LogP contribution in [0.3, 0.4) is 0 Å². The third-order valence-electron chi connectivity index (χ3n) is 5.12. The van der Waals surface area contributed by atoms with Crippen molar-refractivity contribution in [2.75, 3.05) is 37.6 Å². The Bertz CT molecular complexity index is 949. The lowest BCUT2D eigenvalue weighted by molar-refractivity contribution is -0.117. The van der Waals surface area contributed by atoms with Crippen molar-refractivity contribution in [1.29, 1.82) is 0 Å². The summed E-state index contributed by atoms with van der Waals surface area (Å²) >= 11 is 0. The van der Waals surface area contributed by atoms with E-state index in [9.17, 15) is 13.2 Å². The first kappa shape index (κ1) is 19.0. The van der Waals surface area contributed by atoms with Gasteiger partial charge in [-0.1, -0.05) is 0 Å². The Balaban J connectivity index is 1.39. The maximum absolute atomic E-state index is 12.9. The Morgan fingerprint density at radius 1 is 1.04 bits per heavy atom. The van der Waals surface area contributed by atoms with Gasteiger partial charge in [0.25, 0.3) is 0 Å². The average Bonchev–Trinajstić information content (AvgIpc) is 3.30. The zero-order valence-electron chi connectivity index (χ0n) is 15.7. The molecule has 2 aromatic rings. The molecule has 150 valence electrons. The summed E-state index contributed by atoms with van der Waals surface area (Å²) in [5.74, 6) is 1.15. The summed E-state index contributed by atoms with van der Waals surface area (Å²) in [5.41, 5.74) is 0.751. The topological polar surface area (TPSA) is 99.9 Å². The van der Waals surface area contributed by atoms with E-state index in [1.807, 2.05) is 0 Å². The largest absolute Gasteiger partial charge is 0.424 e. The fourth-order valence-corrected chi connectivity index (χ4v) is 5.01. The van der Waals surface area contributed by atoms with Crippen molar-refractivity contribution in [2.45, 2.75) is 31.2 Å². The molecule has 0 atom stereocenters. The van der Waals surface area contributed by atoms with Crippen molar-refractivity contribution in [3.05, 3.63) is 36.0 Å². The standard InChI is InChI=1S/C18H23N5O4S/c1-14-19-20-17(27-14)13-21-9-11-22(12-10-21)28(25,26)16-6-4-15(5-7-16)23-8-2-3-18(23)24/h4-7H,2-3,8-13H2,1H3. The molecule has 0 spiro atoms. The van der Waals surface area contributed by atoms with Gasteiger partial charge in [0.2, 0.25) is 27.7 Å². The molecule has 1 amide bonds. The Labute approximate surface area is 164 Å². The molecule has 0 saturated carbocycles. The summed E-state index contributed by atoms with van der Waals surface area (Å²) in [4.78, 5) is 15.9.